The lowest BCUT2D eigenvalue weighted by Crippen LogP contribution is -2.38. The zero-order valence-electron chi connectivity index (χ0n) is 8.68. The molecule has 0 bridgehead atoms. The lowest BCUT2D eigenvalue weighted by Gasteiger charge is -2.21. The van der Waals surface area contributed by atoms with Crippen LogP contribution in [-0.2, 0) is 0 Å². The van der Waals surface area contributed by atoms with E-state index < -0.39 is 0 Å². The molecule has 0 radical (unpaired) electrons. The molecule has 1 aromatic heterocycles. The number of hydrazine groups is 1. The van der Waals surface area contributed by atoms with Crippen LogP contribution in [0.25, 0.3) is 0 Å². The number of thiazole rings is 1. The van der Waals surface area contributed by atoms with Gasteiger partial charge in [-0.05, 0) is 12.3 Å². The molecule has 0 aromatic carbocycles. The quantitative estimate of drug-likeness (QED) is 0.759. The van der Waals surface area contributed by atoms with Gasteiger partial charge in [0, 0.05) is 29.6 Å². The fourth-order valence-electron chi connectivity index (χ4n) is 2.18. The fourth-order valence-corrected chi connectivity index (χ4v) is 2.91. The van der Waals surface area contributed by atoms with Crippen molar-refractivity contribution in [2.24, 2.45) is 11.8 Å². The number of nitrogens with zero attached hydrogens (tertiary/aromatic N) is 2. The highest BCUT2D eigenvalue weighted by Gasteiger charge is 2.33. The molecule has 2 heterocycles. The number of hydrogen-bond acceptors (Lipinski definition) is 4. The van der Waals surface area contributed by atoms with Crippen molar-refractivity contribution in [1.82, 2.24) is 9.99 Å². The van der Waals surface area contributed by atoms with E-state index in [0.717, 1.165) is 6.54 Å². The van der Waals surface area contributed by atoms with Crippen molar-refractivity contribution in [3.63, 3.8) is 0 Å². The standard InChI is InChI=1S/C10H17N3S/c1-7(2)9-3-8(5-13(9)11)10-4-12-6-14-10/h4,6-9H,3,5,11H2,1-2H3/t8-,9-/m0/s1. The molecule has 0 spiro atoms. The second-order valence-corrected chi connectivity index (χ2v) is 5.26. The van der Waals surface area contributed by atoms with Crippen molar-refractivity contribution in [3.8, 4) is 0 Å². The summed E-state index contributed by atoms with van der Waals surface area (Å²) < 4.78 is 0. The van der Waals surface area contributed by atoms with Gasteiger partial charge < -0.3 is 0 Å². The summed E-state index contributed by atoms with van der Waals surface area (Å²) in [4.78, 5) is 5.50. The summed E-state index contributed by atoms with van der Waals surface area (Å²) >= 11 is 1.74. The Morgan fingerprint density at radius 1 is 1.64 bits per heavy atom. The average molecular weight is 211 g/mol. The molecule has 1 aliphatic heterocycles. The van der Waals surface area contributed by atoms with Crippen LogP contribution in [0.2, 0.25) is 0 Å². The molecule has 0 aliphatic carbocycles. The summed E-state index contributed by atoms with van der Waals surface area (Å²) in [6, 6.07) is 0.530. The molecule has 0 saturated carbocycles. The molecule has 2 N–H and O–H groups in total. The molecule has 1 aliphatic rings. The molecule has 1 aromatic rings. The molecular weight excluding hydrogens is 194 g/mol. The third-order valence-electron chi connectivity index (χ3n) is 3.01. The smallest absolute Gasteiger partial charge is 0.0794 e. The first kappa shape index (κ1) is 10.1. The van der Waals surface area contributed by atoms with E-state index in [1.54, 1.807) is 11.3 Å². The molecule has 4 heteroatoms. The minimum absolute atomic E-state index is 0.530. The highest BCUT2D eigenvalue weighted by molar-refractivity contribution is 7.09. The second-order valence-electron chi connectivity index (χ2n) is 4.34. The van der Waals surface area contributed by atoms with E-state index in [9.17, 15) is 0 Å². The second kappa shape index (κ2) is 3.96. The van der Waals surface area contributed by atoms with Gasteiger partial charge in [-0.1, -0.05) is 13.8 Å². The van der Waals surface area contributed by atoms with Crippen LogP contribution in [0.4, 0.5) is 0 Å². The van der Waals surface area contributed by atoms with Gasteiger partial charge in [0.1, 0.15) is 0 Å². The van der Waals surface area contributed by atoms with Crippen molar-refractivity contribution in [2.45, 2.75) is 32.2 Å². The van der Waals surface area contributed by atoms with E-state index in [0.29, 0.717) is 17.9 Å². The van der Waals surface area contributed by atoms with Gasteiger partial charge in [-0.25, -0.2) is 5.01 Å². The van der Waals surface area contributed by atoms with E-state index in [1.165, 1.54) is 11.3 Å². The first-order chi connectivity index (χ1) is 6.68. The maximum atomic E-state index is 5.99. The third-order valence-corrected chi connectivity index (χ3v) is 3.94. The fraction of sp³-hybridized carbons (Fsp3) is 0.700. The van der Waals surface area contributed by atoms with Gasteiger partial charge in [-0.15, -0.1) is 11.3 Å². The van der Waals surface area contributed by atoms with Gasteiger partial charge >= 0.3 is 0 Å². The number of rotatable bonds is 2. The van der Waals surface area contributed by atoms with Crippen LogP contribution in [-0.4, -0.2) is 22.6 Å². The summed E-state index contributed by atoms with van der Waals surface area (Å²) in [6.07, 6.45) is 3.16. The molecule has 1 saturated heterocycles. The normalized spacial score (nSPS) is 28.9. The summed E-state index contributed by atoms with van der Waals surface area (Å²) in [5.41, 5.74) is 1.90. The lowest BCUT2D eigenvalue weighted by atomic mass is 9.97. The van der Waals surface area contributed by atoms with Crippen molar-refractivity contribution in [3.05, 3.63) is 16.6 Å². The molecule has 0 amide bonds. The van der Waals surface area contributed by atoms with Gasteiger partial charge in [0.25, 0.3) is 0 Å². The van der Waals surface area contributed by atoms with E-state index >= 15 is 0 Å². The molecule has 3 nitrogen and oxygen atoms in total. The van der Waals surface area contributed by atoms with Crippen molar-refractivity contribution in [1.29, 1.82) is 0 Å². The van der Waals surface area contributed by atoms with E-state index in [2.05, 4.69) is 18.8 Å². The highest BCUT2D eigenvalue weighted by atomic mass is 32.1. The summed E-state index contributed by atoms with van der Waals surface area (Å²) in [6.45, 7) is 5.45. The summed E-state index contributed by atoms with van der Waals surface area (Å²) in [5, 5.41) is 2.00. The van der Waals surface area contributed by atoms with Crippen molar-refractivity contribution in [2.75, 3.05) is 6.54 Å². The molecular formula is C10H17N3S. The van der Waals surface area contributed by atoms with Crippen LogP contribution < -0.4 is 5.84 Å². The van der Waals surface area contributed by atoms with Gasteiger partial charge in [0.05, 0.1) is 5.51 Å². The Balaban J connectivity index is 2.06. The molecule has 14 heavy (non-hydrogen) atoms. The van der Waals surface area contributed by atoms with Crippen LogP contribution in [0.3, 0.4) is 0 Å². The van der Waals surface area contributed by atoms with E-state index in [4.69, 9.17) is 5.84 Å². The molecule has 2 atom stereocenters. The highest BCUT2D eigenvalue weighted by Crippen LogP contribution is 2.34. The predicted molar refractivity (Wildman–Crippen MR) is 59.0 cm³/mol. The minimum Gasteiger partial charge on any atom is -0.269 e. The Labute approximate surface area is 88.9 Å². The minimum atomic E-state index is 0.530. The van der Waals surface area contributed by atoms with Crippen molar-refractivity contribution >= 4 is 11.3 Å². The van der Waals surface area contributed by atoms with Crippen LogP contribution >= 0.6 is 11.3 Å². The monoisotopic (exact) mass is 211 g/mol. The van der Waals surface area contributed by atoms with Crippen LogP contribution in [0.15, 0.2) is 11.7 Å². The Hall–Kier alpha value is -0.450. The van der Waals surface area contributed by atoms with Gasteiger partial charge in [0.2, 0.25) is 0 Å². The Kier molecular flexibility index (Phi) is 2.85. The maximum Gasteiger partial charge on any atom is 0.0794 e. The topological polar surface area (TPSA) is 42.2 Å². The summed E-state index contributed by atoms with van der Waals surface area (Å²) in [5.74, 6) is 7.23. The third kappa shape index (κ3) is 1.82. The van der Waals surface area contributed by atoms with Gasteiger partial charge in [-0.3, -0.25) is 10.8 Å². The lowest BCUT2D eigenvalue weighted by molar-refractivity contribution is 0.211. The Morgan fingerprint density at radius 2 is 2.43 bits per heavy atom. The largest absolute Gasteiger partial charge is 0.269 e. The molecule has 0 unspecified atom stereocenters. The van der Waals surface area contributed by atoms with Crippen LogP contribution in [0.1, 0.15) is 31.1 Å². The Morgan fingerprint density at radius 3 is 2.93 bits per heavy atom. The SMILES string of the molecule is CC(C)[C@@H]1C[C@H](c2cncs2)CN1N. The van der Waals surface area contributed by atoms with Crippen LogP contribution in [0.5, 0.6) is 0 Å². The van der Waals surface area contributed by atoms with Crippen LogP contribution in [0, 0.1) is 5.92 Å². The molecule has 1 fully saturated rings. The number of hydrogen-bond donors (Lipinski definition) is 1. The van der Waals surface area contributed by atoms with Gasteiger partial charge in [-0.2, -0.15) is 0 Å². The van der Waals surface area contributed by atoms with E-state index in [1.807, 2.05) is 16.7 Å². The first-order valence-electron chi connectivity index (χ1n) is 5.08. The zero-order valence-corrected chi connectivity index (χ0v) is 9.50. The predicted octanol–water partition coefficient (Wildman–Crippen LogP) is 1.83. The molecule has 78 valence electrons. The summed E-state index contributed by atoms with van der Waals surface area (Å²) in [7, 11) is 0. The van der Waals surface area contributed by atoms with Crippen molar-refractivity contribution < 1.29 is 0 Å². The maximum absolute atomic E-state index is 5.99. The molecule has 2 rings (SSSR count). The Bertz CT molecular complexity index is 284. The number of nitrogens with two attached hydrogens (primary N) is 1. The number of aromatic nitrogens is 1. The zero-order chi connectivity index (χ0) is 10.1. The average Bonchev–Trinajstić information content (AvgIpc) is 2.70. The first-order valence-corrected chi connectivity index (χ1v) is 5.96. The van der Waals surface area contributed by atoms with E-state index in [-0.39, 0.29) is 0 Å². The van der Waals surface area contributed by atoms with Gasteiger partial charge in [0.15, 0.2) is 0 Å².